The first-order valence-electron chi connectivity index (χ1n) is 4.80. The lowest BCUT2D eigenvalue weighted by atomic mass is 10.1. The number of nitrogens with zero attached hydrogens (tertiary/aromatic N) is 1. The van der Waals surface area contributed by atoms with E-state index in [4.69, 9.17) is 0 Å². The minimum absolute atomic E-state index is 0.00926. The first-order chi connectivity index (χ1) is 6.66. The predicted octanol–water partition coefficient (Wildman–Crippen LogP) is 1.83. The number of nitrogens with one attached hydrogen (secondary N) is 1. The fourth-order valence-corrected chi connectivity index (χ4v) is 1.82. The summed E-state index contributed by atoms with van der Waals surface area (Å²) in [5.74, 6) is 0. The Kier molecular flexibility index (Phi) is 2.15. The van der Waals surface area contributed by atoms with Crippen LogP contribution in [-0.4, -0.2) is 19.1 Å². The molecule has 1 aliphatic heterocycles. The minimum Gasteiger partial charge on any atom is -0.336 e. The second-order valence-corrected chi connectivity index (χ2v) is 3.73. The molecule has 1 fully saturated rings. The Morgan fingerprint density at radius 2 is 1.86 bits per heavy atom. The van der Waals surface area contributed by atoms with Crippen molar-refractivity contribution in [2.45, 2.75) is 13.8 Å². The van der Waals surface area contributed by atoms with Crippen molar-refractivity contribution in [2.75, 3.05) is 18.0 Å². The van der Waals surface area contributed by atoms with Gasteiger partial charge in [0.1, 0.15) is 0 Å². The highest BCUT2D eigenvalue weighted by Gasteiger charge is 2.20. The first-order valence-corrected chi connectivity index (χ1v) is 4.80. The topological polar surface area (TPSA) is 32.3 Å². The van der Waals surface area contributed by atoms with Crippen LogP contribution >= 0.6 is 0 Å². The van der Waals surface area contributed by atoms with Gasteiger partial charge < -0.3 is 5.32 Å². The molecule has 0 unspecified atom stereocenters. The fourth-order valence-electron chi connectivity index (χ4n) is 1.82. The van der Waals surface area contributed by atoms with Gasteiger partial charge in [0.25, 0.3) is 0 Å². The minimum atomic E-state index is 0.00926. The van der Waals surface area contributed by atoms with Crippen molar-refractivity contribution in [2.24, 2.45) is 0 Å². The highest BCUT2D eigenvalue weighted by molar-refractivity contribution is 5.94. The molecule has 0 saturated carbocycles. The smallest absolute Gasteiger partial charge is 0.321 e. The summed E-state index contributed by atoms with van der Waals surface area (Å²) in [6.45, 7) is 5.60. The fraction of sp³-hybridized carbons (Fsp3) is 0.364. The third kappa shape index (κ3) is 1.58. The van der Waals surface area contributed by atoms with E-state index >= 15 is 0 Å². The Morgan fingerprint density at radius 1 is 1.21 bits per heavy atom. The Morgan fingerprint density at radius 3 is 2.36 bits per heavy atom. The van der Waals surface area contributed by atoms with Crippen molar-refractivity contribution in [1.82, 2.24) is 5.32 Å². The van der Waals surface area contributed by atoms with Gasteiger partial charge in [-0.25, -0.2) is 4.79 Å². The monoisotopic (exact) mass is 190 g/mol. The van der Waals surface area contributed by atoms with E-state index in [9.17, 15) is 4.79 Å². The number of rotatable bonds is 1. The molecule has 2 amide bonds. The number of anilines is 1. The van der Waals surface area contributed by atoms with Crippen molar-refractivity contribution in [3.05, 3.63) is 29.3 Å². The molecular weight excluding hydrogens is 176 g/mol. The Balaban J connectivity index is 2.35. The van der Waals surface area contributed by atoms with Gasteiger partial charge in [0.2, 0.25) is 0 Å². The molecule has 3 nitrogen and oxygen atoms in total. The summed E-state index contributed by atoms with van der Waals surface area (Å²) in [7, 11) is 0. The lowest BCUT2D eigenvalue weighted by molar-refractivity contribution is 0.252. The van der Waals surface area contributed by atoms with Crippen LogP contribution in [0, 0.1) is 13.8 Å². The molecule has 1 aromatic rings. The number of urea groups is 1. The Bertz CT molecular complexity index is 353. The summed E-state index contributed by atoms with van der Waals surface area (Å²) in [6, 6.07) is 6.20. The van der Waals surface area contributed by atoms with Crippen LogP contribution in [0.3, 0.4) is 0 Å². The van der Waals surface area contributed by atoms with Crippen molar-refractivity contribution in [3.63, 3.8) is 0 Å². The van der Waals surface area contributed by atoms with Crippen LogP contribution in [-0.2, 0) is 0 Å². The zero-order chi connectivity index (χ0) is 10.1. The number of hydrogen-bond acceptors (Lipinski definition) is 1. The molecule has 3 heteroatoms. The highest BCUT2D eigenvalue weighted by atomic mass is 16.2. The maximum absolute atomic E-state index is 11.4. The maximum Gasteiger partial charge on any atom is 0.321 e. The average molecular weight is 190 g/mol. The van der Waals surface area contributed by atoms with Crippen molar-refractivity contribution < 1.29 is 4.79 Å². The van der Waals surface area contributed by atoms with E-state index in [0.717, 1.165) is 18.8 Å². The summed E-state index contributed by atoms with van der Waals surface area (Å²) in [5, 5.41) is 2.79. The van der Waals surface area contributed by atoms with E-state index in [0.29, 0.717) is 0 Å². The molecule has 0 atom stereocenters. The van der Waals surface area contributed by atoms with Crippen LogP contribution in [0.5, 0.6) is 0 Å². The van der Waals surface area contributed by atoms with Gasteiger partial charge in [0.05, 0.1) is 0 Å². The highest BCUT2D eigenvalue weighted by Crippen LogP contribution is 2.19. The third-order valence-electron chi connectivity index (χ3n) is 2.37. The van der Waals surface area contributed by atoms with Gasteiger partial charge in [-0.3, -0.25) is 4.90 Å². The zero-order valence-corrected chi connectivity index (χ0v) is 8.50. The largest absolute Gasteiger partial charge is 0.336 e. The number of amides is 2. The molecule has 1 aliphatic rings. The summed E-state index contributed by atoms with van der Waals surface area (Å²) >= 11 is 0. The van der Waals surface area contributed by atoms with E-state index < -0.39 is 0 Å². The maximum atomic E-state index is 11.4. The molecule has 0 aromatic heterocycles. The number of aryl methyl sites for hydroxylation is 2. The molecule has 74 valence electrons. The predicted molar refractivity (Wildman–Crippen MR) is 56.7 cm³/mol. The van der Waals surface area contributed by atoms with E-state index in [-0.39, 0.29) is 6.03 Å². The van der Waals surface area contributed by atoms with Gasteiger partial charge in [-0.2, -0.15) is 0 Å². The molecule has 14 heavy (non-hydrogen) atoms. The van der Waals surface area contributed by atoms with Crippen LogP contribution in [0.25, 0.3) is 0 Å². The first kappa shape index (κ1) is 9.06. The lowest BCUT2D eigenvalue weighted by Crippen LogP contribution is -2.27. The average Bonchev–Trinajstić information content (AvgIpc) is 2.49. The SMILES string of the molecule is Cc1cc(C)cc(N2CCNC2=O)c1. The summed E-state index contributed by atoms with van der Waals surface area (Å²) < 4.78 is 0. The quantitative estimate of drug-likeness (QED) is 0.720. The summed E-state index contributed by atoms with van der Waals surface area (Å²) in [6.07, 6.45) is 0. The summed E-state index contributed by atoms with van der Waals surface area (Å²) in [4.78, 5) is 13.2. The molecule has 0 radical (unpaired) electrons. The molecule has 0 bridgehead atoms. The van der Waals surface area contributed by atoms with Gasteiger partial charge in [-0.15, -0.1) is 0 Å². The van der Waals surface area contributed by atoms with Crippen LogP contribution in [0.1, 0.15) is 11.1 Å². The Hall–Kier alpha value is -1.51. The van der Waals surface area contributed by atoms with Gasteiger partial charge >= 0.3 is 6.03 Å². The van der Waals surface area contributed by atoms with E-state index in [2.05, 4.69) is 11.4 Å². The van der Waals surface area contributed by atoms with Gasteiger partial charge in [0.15, 0.2) is 0 Å². The number of carbonyl (C=O) groups is 1. The van der Waals surface area contributed by atoms with Crippen LogP contribution in [0.15, 0.2) is 18.2 Å². The normalized spacial score (nSPS) is 15.9. The Labute approximate surface area is 83.7 Å². The molecule has 1 aromatic carbocycles. The molecular formula is C11H14N2O. The molecule has 0 aliphatic carbocycles. The van der Waals surface area contributed by atoms with E-state index in [1.54, 1.807) is 4.90 Å². The third-order valence-corrected chi connectivity index (χ3v) is 2.37. The van der Waals surface area contributed by atoms with Crippen LogP contribution in [0.2, 0.25) is 0 Å². The lowest BCUT2D eigenvalue weighted by Gasteiger charge is -2.15. The zero-order valence-electron chi connectivity index (χ0n) is 8.50. The summed E-state index contributed by atoms with van der Waals surface area (Å²) in [5.41, 5.74) is 3.39. The second-order valence-electron chi connectivity index (χ2n) is 3.73. The molecule has 0 spiro atoms. The number of carbonyl (C=O) groups excluding carboxylic acids is 1. The molecule has 1 N–H and O–H groups in total. The molecule has 1 heterocycles. The number of hydrogen-bond donors (Lipinski definition) is 1. The number of benzene rings is 1. The molecule has 2 rings (SSSR count). The van der Waals surface area contributed by atoms with Crippen molar-refractivity contribution >= 4 is 11.7 Å². The van der Waals surface area contributed by atoms with Crippen molar-refractivity contribution in [1.29, 1.82) is 0 Å². The molecule has 1 saturated heterocycles. The second kappa shape index (κ2) is 3.33. The van der Waals surface area contributed by atoms with Crippen LogP contribution < -0.4 is 10.2 Å². The standard InChI is InChI=1S/C11H14N2O/c1-8-5-9(2)7-10(6-8)13-4-3-12-11(13)14/h5-7H,3-4H2,1-2H3,(H,12,14). The van der Waals surface area contributed by atoms with Gasteiger partial charge in [-0.1, -0.05) is 6.07 Å². The van der Waals surface area contributed by atoms with Crippen molar-refractivity contribution in [3.8, 4) is 0 Å². The van der Waals surface area contributed by atoms with Gasteiger partial charge in [-0.05, 0) is 37.1 Å². The van der Waals surface area contributed by atoms with Crippen LogP contribution in [0.4, 0.5) is 10.5 Å². The van der Waals surface area contributed by atoms with E-state index in [1.807, 2.05) is 26.0 Å². The van der Waals surface area contributed by atoms with E-state index in [1.165, 1.54) is 11.1 Å². The van der Waals surface area contributed by atoms with Gasteiger partial charge in [0, 0.05) is 18.8 Å².